The van der Waals surface area contributed by atoms with Gasteiger partial charge in [-0.3, -0.25) is 33.6 Å². The number of nitrogens with one attached hydrogen (secondary N) is 9. The van der Waals surface area contributed by atoms with Gasteiger partial charge in [-0.15, -0.1) is 0 Å². The number of aromatic amines is 3. The molecule has 21 nitrogen and oxygen atoms in total. The molecule has 2 aliphatic heterocycles. The van der Waals surface area contributed by atoms with Gasteiger partial charge in [-0.1, -0.05) is 86.6 Å². The number of carbonyl (C=O) groups is 8. The van der Waals surface area contributed by atoms with Crippen molar-refractivity contribution in [3.8, 4) is 44.5 Å². The number of ketones is 1. The number of methoxy groups -OCH3 is 1. The number of nitrogens with zero attached hydrogens (tertiary/aromatic N) is 3. The first kappa shape index (κ1) is 86.7. The quantitative estimate of drug-likeness (QED) is 0.0147. The fourth-order valence-electron chi connectivity index (χ4n) is 29.2. The molecular weight excluding hydrogens is 1720 g/mol. The largest absolute Gasteiger partial charge is 3.00 e. The number of fused-ring (bicyclic) bond motifs is 8. The number of hydrogen-bond acceptors (Lipinski definition) is 12. The van der Waals surface area contributed by atoms with Crippen LogP contribution < -0.4 is 48.9 Å². The van der Waals surface area contributed by atoms with Crippen molar-refractivity contribution in [3.63, 3.8) is 0 Å². The van der Waals surface area contributed by atoms with Crippen LogP contribution in [0.5, 0.6) is 0 Å². The molecule has 26 rings (SSSR count). The summed E-state index contributed by atoms with van der Waals surface area (Å²) in [6.45, 7) is 3.90. The van der Waals surface area contributed by atoms with Crippen molar-refractivity contribution in [2.45, 2.75) is 212 Å². The van der Waals surface area contributed by atoms with Gasteiger partial charge in [0.25, 0.3) is 0 Å². The van der Waals surface area contributed by atoms with Gasteiger partial charge in [0.2, 0.25) is 35.4 Å². The van der Waals surface area contributed by atoms with Gasteiger partial charge in [0.15, 0.2) is 5.78 Å². The van der Waals surface area contributed by atoms with Crippen LogP contribution in [0.25, 0.3) is 90.9 Å². The number of para-hydroxylation sites is 4. The van der Waals surface area contributed by atoms with Gasteiger partial charge < -0.3 is 68.6 Å². The summed E-state index contributed by atoms with van der Waals surface area (Å²) in [7, 11) is 1.26. The number of aromatic nitrogens is 6. The molecular formula is C106H116BrFeN12O9+2. The third-order valence-electron chi connectivity index (χ3n) is 33.0. The first-order valence-electron chi connectivity index (χ1n) is 47.6. The van der Waals surface area contributed by atoms with Crippen molar-refractivity contribution < 1.29 is 77.1 Å². The van der Waals surface area contributed by atoms with Crippen molar-refractivity contribution in [2.24, 2.45) is 98.6 Å². The number of carbonyl (C=O) groups excluding carboxylic acids is 8. The number of anilines is 4. The Morgan fingerprint density at radius 2 is 0.767 bits per heavy atom. The molecule has 2 atom stereocenters. The molecule has 6 heterocycles. The van der Waals surface area contributed by atoms with E-state index in [9.17, 15) is 14.4 Å². The van der Waals surface area contributed by atoms with Crippen molar-refractivity contribution in [2.75, 3.05) is 28.4 Å². The Bertz CT molecular complexity index is 5950. The maximum absolute atomic E-state index is 16.6. The van der Waals surface area contributed by atoms with E-state index in [4.69, 9.17) is 14.7 Å². The zero-order chi connectivity index (χ0) is 86.4. The topological polar surface area (TPSA) is 304 Å². The molecule has 16 saturated carbocycles. The Hall–Kier alpha value is -10.4. The number of halogens is 1. The van der Waals surface area contributed by atoms with Crippen LogP contribution in [0.4, 0.5) is 22.7 Å². The molecule has 18 aliphatic rings. The molecule has 9 N–H and O–H groups in total. The third kappa shape index (κ3) is 16.2. The zero-order valence-electron chi connectivity index (χ0n) is 73.8. The van der Waals surface area contributed by atoms with Gasteiger partial charge in [0.1, 0.15) is 12.1 Å². The minimum Gasteiger partial charge on any atom is -1.00 e. The van der Waals surface area contributed by atoms with E-state index in [-0.39, 0.29) is 107 Å². The second-order valence-corrected chi connectivity index (χ2v) is 42.4. The van der Waals surface area contributed by atoms with E-state index in [1.807, 2.05) is 129 Å². The maximum atomic E-state index is 16.6. The fraction of sp³-hybridized carbons (Fsp3) is 0.481. The number of imidazole rings is 1. The van der Waals surface area contributed by atoms with Crippen LogP contribution in [0.3, 0.4) is 0 Å². The predicted molar refractivity (Wildman–Crippen MR) is 493 cm³/mol. The summed E-state index contributed by atoms with van der Waals surface area (Å²) in [6, 6.07) is 35.8. The SMILES string of the molecule is COC(=O)C(Cc1cnc[nH]1)NC(=O)[C@@H](CC(C)C)NC(=O)CCCC(=O)c1cc2[nH]c1c(-c1ccccc1NC(=O)C13CC4CC(CC(C4)C1)C3)c1nc(c(-c3ccccc3NC(=O)C34CC5CC(CC(C5)C3)C4)c3ccc([nH]3)c(-c3ccccc3NC(=O)C34CC5CC(CC(C5)C3)C4)c3nc(c2-c2ccccc2NC(=O)C24CC5CC(CC(C5)C2)C4)C=C3)C=C1.[Br-].[Fe+3]. The normalized spacial score (nSPS) is 29.0. The van der Waals surface area contributed by atoms with Crippen molar-refractivity contribution in [3.05, 3.63) is 162 Å². The first-order valence-corrected chi connectivity index (χ1v) is 47.6. The van der Waals surface area contributed by atoms with Crippen molar-refractivity contribution in [1.29, 1.82) is 0 Å². The van der Waals surface area contributed by atoms with Crippen molar-refractivity contribution >= 4 is 116 Å². The Balaban J connectivity index is 0.00000522. The van der Waals surface area contributed by atoms with Gasteiger partial charge in [0, 0.05) is 121 Å². The number of rotatable bonds is 25. The summed E-state index contributed by atoms with van der Waals surface area (Å²) in [5.74, 6) is 4.19. The van der Waals surface area contributed by atoms with Crippen LogP contribution in [-0.2, 0) is 61.8 Å². The van der Waals surface area contributed by atoms with Gasteiger partial charge in [0.05, 0.1) is 63.4 Å². The minimum absolute atomic E-state index is 0. The van der Waals surface area contributed by atoms with Crippen LogP contribution >= 0.6 is 0 Å². The van der Waals surface area contributed by atoms with E-state index in [1.165, 1.54) is 52.0 Å². The van der Waals surface area contributed by atoms with Crippen LogP contribution in [0.1, 0.15) is 232 Å². The zero-order valence-corrected chi connectivity index (χ0v) is 76.5. The Labute approximate surface area is 774 Å². The van der Waals surface area contributed by atoms with Gasteiger partial charge in [-0.05, 0) is 311 Å². The minimum atomic E-state index is -1.08. The average Bonchev–Trinajstić information content (AvgIpc) is 1.64. The van der Waals surface area contributed by atoms with Crippen LogP contribution in [-0.4, -0.2) is 96.3 Å². The maximum Gasteiger partial charge on any atom is 3.00 e. The molecule has 24 bridgehead atoms. The molecule has 23 heteroatoms. The molecule has 4 aromatic carbocycles. The summed E-state index contributed by atoms with van der Waals surface area (Å²) in [6.07, 6.45) is 35.5. The smallest absolute Gasteiger partial charge is 1.00 e. The van der Waals surface area contributed by atoms with E-state index in [1.54, 1.807) is 6.20 Å². The molecule has 0 spiro atoms. The predicted octanol–water partition coefficient (Wildman–Crippen LogP) is 17.5. The number of H-pyrrole nitrogens is 3. The second kappa shape index (κ2) is 34.4. The molecule has 667 valence electrons. The van der Waals surface area contributed by atoms with Crippen LogP contribution in [0, 0.1) is 98.6 Å². The summed E-state index contributed by atoms with van der Waals surface area (Å²) in [5, 5.41) is 20.3. The van der Waals surface area contributed by atoms with E-state index in [0.29, 0.717) is 178 Å². The molecule has 6 amide bonds. The molecule has 1 unspecified atom stereocenters. The van der Waals surface area contributed by atoms with E-state index in [0.717, 1.165) is 127 Å². The third-order valence-corrected chi connectivity index (χ3v) is 33.0. The molecule has 4 aromatic heterocycles. The summed E-state index contributed by atoms with van der Waals surface area (Å²) >= 11 is 0. The van der Waals surface area contributed by atoms with Crippen molar-refractivity contribution in [1.82, 2.24) is 40.5 Å². The molecule has 1 radical (unpaired) electrons. The van der Waals surface area contributed by atoms with Crippen LogP contribution in [0.15, 0.2) is 128 Å². The van der Waals surface area contributed by atoms with Crippen LogP contribution in [0.2, 0.25) is 0 Å². The van der Waals surface area contributed by atoms with Gasteiger partial charge in [-0.2, -0.15) is 0 Å². The molecule has 129 heavy (non-hydrogen) atoms. The summed E-state index contributed by atoms with van der Waals surface area (Å²) < 4.78 is 5.14. The molecule has 16 aliphatic carbocycles. The number of ether oxygens (including phenoxy) is 1. The number of benzene rings is 4. The number of hydrogen-bond donors (Lipinski definition) is 9. The van der Waals surface area contributed by atoms with E-state index in [2.05, 4.69) is 76.1 Å². The second-order valence-electron chi connectivity index (χ2n) is 42.4. The Kier molecular flexibility index (Phi) is 23.1. The Morgan fingerprint density at radius 1 is 0.426 bits per heavy atom. The fourth-order valence-corrected chi connectivity index (χ4v) is 29.2. The molecule has 8 aromatic rings. The standard InChI is InChI=1S/C106H116N12O9.BrH.Fe/c1-58(2)29-88(97(121)114-89(98(122)127-3)42-71-56-107-57-108-71)112-91(120)22-12-21-90(119)76-43-87-94(74-15-6-10-19-79(74)117-101(125)105-50-65-36-66(51-105)38-67(37-65)52-105)85-26-25-83(110-85)92(72-13-4-8-17-77(72)115-99(123)103-44-59-30-60(45-103)32-61(31-59)46-103)81-23-24-82(109-81)93(73-14-5-9-18-78(73)116-100(124)104-47-62-33-63(48-104)35-64(34-62)49-104)84-27-28-86(111-84)95(96(76)113-87)75-16-7-11-20-80(75)118-102(126)106-53-68-39-69(54-106)41-70(40-68)55-106;;/h4-11,13-20,23-28,43,56-70,88-89,109,113H,12,21-22,29-42,44-55H2,1-3H3,(H,107,108)(H,112,120)(H,114,121)(H,115,123)(H,116,124)(H,117,125)(H,118,126);1H;/q;;+3/p-1/t59?,60?,61?,62?,63?,64?,65?,66?,67?,68?,69?,70?,88-,89?,103?,104?,105?,106?;;/m1../s1. The molecule has 0 saturated heterocycles. The summed E-state index contributed by atoms with van der Waals surface area (Å²) in [4.78, 5) is 149. The number of amides is 6. The molecule has 16 fully saturated rings. The van der Waals surface area contributed by atoms with E-state index >= 15 is 24.0 Å². The first-order chi connectivity index (χ1) is 61.6. The monoisotopic (exact) mass is 1840 g/mol. The Morgan fingerprint density at radius 3 is 1.11 bits per heavy atom. The average molecular weight is 1840 g/mol. The number of Topliss-reactive ketones (excluding diaryl/α,β-unsaturated/α-hetero) is 1. The summed E-state index contributed by atoms with van der Waals surface area (Å²) in [5.41, 5.74) is 10.7. The van der Waals surface area contributed by atoms with Gasteiger partial charge >= 0.3 is 23.0 Å². The number of esters is 1. The van der Waals surface area contributed by atoms with E-state index < -0.39 is 51.5 Å². The van der Waals surface area contributed by atoms with Gasteiger partial charge in [-0.25, -0.2) is 19.7 Å².